The van der Waals surface area contributed by atoms with Crippen LogP contribution in [0.3, 0.4) is 0 Å². The van der Waals surface area contributed by atoms with E-state index in [0.717, 1.165) is 10.9 Å². The monoisotopic (exact) mass is 228 g/mol. The predicted molar refractivity (Wildman–Crippen MR) is 68.2 cm³/mol. The van der Waals surface area contributed by atoms with Crippen LogP contribution in [0.15, 0.2) is 60.0 Å². The maximum absolute atomic E-state index is 4.14. The van der Waals surface area contributed by atoms with Crippen LogP contribution < -0.4 is 0 Å². The van der Waals surface area contributed by atoms with Crippen molar-refractivity contribution >= 4 is 17.8 Å². The Bertz CT molecular complexity index is 440. The van der Waals surface area contributed by atoms with Gasteiger partial charge in [0.05, 0.1) is 0 Å². The molecule has 0 saturated carbocycles. The van der Waals surface area contributed by atoms with Gasteiger partial charge in [-0.1, -0.05) is 54.2 Å². The highest BCUT2D eigenvalue weighted by Crippen LogP contribution is 2.11. The molecule has 80 valence electrons. The lowest BCUT2D eigenvalue weighted by Crippen LogP contribution is -1.83. The van der Waals surface area contributed by atoms with Crippen molar-refractivity contribution in [1.82, 2.24) is 9.97 Å². The molecule has 2 aromatic rings. The molecule has 2 nitrogen and oxygen atoms in total. The largest absolute Gasteiger partial charge is 0.231 e. The van der Waals surface area contributed by atoms with Gasteiger partial charge < -0.3 is 0 Å². The van der Waals surface area contributed by atoms with E-state index in [-0.39, 0.29) is 0 Å². The molecule has 0 spiro atoms. The molecule has 3 heteroatoms. The minimum atomic E-state index is 0.820. The Morgan fingerprint density at radius 3 is 2.50 bits per heavy atom. The van der Waals surface area contributed by atoms with E-state index in [1.807, 2.05) is 24.3 Å². The lowest BCUT2D eigenvalue weighted by molar-refractivity contribution is 0.969. The summed E-state index contributed by atoms with van der Waals surface area (Å²) in [4.78, 5) is 8.28. The summed E-state index contributed by atoms with van der Waals surface area (Å²) < 4.78 is 0. The molecule has 16 heavy (non-hydrogen) atoms. The van der Waals surface area contributed by atoms with Gasteiger partial charge in [-0.3, -0.25) is 0 Å². The molecule has 1 heterocycles. The SMILES string of the molecule is C(=C\c1ccccc1)/CSc1ncccn1. The molecule has 0 aliphatic heterocycles. The summed E-state index contributed by atoms with van der Waals surface area (Å²) in [5.74, 6) is 0.888. The molecule has 0 N–H and O–H groups in total. The quantitative estimate of drug-likeness (QED) is 0.593. The lowest BCUT2D eigenvalue weighted by Gasteiger charge is -1.94. The van der Waals surface area contributed by atoms with Gasteiger partial charge in [-0.15, -0.1) is 0 Å². The van der Waals surface area contributed by atoms with Crippen molar-refractivity contribution in [3.05, 3.63) is 60.4 Å². The van der Waals surface area contributed by atoms with E-state index < -0.39 is 0 Å². The van der Waals surface area contributed by atoms with Crippen molar-refractivity contribution in [2.75, 3.05) is 5.75 Å². The fraction of sp³-hybridized carbons (Fsp3) is 0.0769. The van der Waals surface area contributed by atoms with Crippen molar-refractivity contribution in [3.8, 4) is 0 Å². The van der Waals surface area contributed by atoms with Crippen molar-refractivity contribution in [3.63, 3.8) is 0 Å². The van der Waals surface area contributed by atoms with E-state index in [4.69, 9.17) is 0 Å². The smallest absolute Gasteiger partial charge is 0.187 e. The van der Waals surface area contributed by atoms with E-state index >= 15 is 0 Å². The van der Waals surface area contributed by atoms with Crippen LogP contribution in [0.1, 0.15) is 5.56 Å². The first kappa shape index (κ1) is 10.9. The second kappa shape index (κ2) is 6.08. The van der Waals surface area contributed by atoms with E-state index in [1.165, 1.54) is 5.56 Å². The minimum absolute atomic E-state index is 0.820. The molecular weight excluding hydrogens is 216 g/mol. The summed E-state index contributed by atoms with van der Waals surface area (Å²) in [6.45, 7) is 0. The first-order valence-electron chi connectivity index (χ1n) is 5.06. The molecule has 0 radical (unpaired) electrons. The Balaban J connectivity index is 1.83. The zero-order valence-electron chi connectivity index (χ0n) is 8.78. The molecule has 0 aliphatic rings. The molecule has 0 saturated heterocycles. The van der Waals surface area contributed by atoms with Crippen molar-refractivity contribution in [1.29, 1.82) is 0 Å². The number of rotatable bonds is 4. The molecular formula is C13H12N2S. The van der Waals surface area contributed by atoms with Gasteiger partial charge in [0.25, 0.3) is 0 Å². The third kappa shape index (κ3) is 3.51. The Kier molecular flexibility index (Phi) is 4.14. The lowest BCUT2D eigenvalue weighted by atomic mass is 10.2. The van der Waals surface area contributed by atoms with Crippen LogP contribution in [-0.4, -0.2) is 15.7 Å². The van der Waals surface area contributed by atoms with Crippen LogP contribution in [-0.2, 0) is 0 Å². The molecule has 0 amide bonds. The number of hydrogen-bond acceptors (Lipinski definition) is 3. The van der Waals surface area contributed by atoms with Crippen LogP contribution in [0, 0.1) is 0 Å². The van der Waals surface area contributed by atoms with Gasteiger partial charge in [-0.05, 0) is 11.6 Å². The maximum atomic E-state index is 4.14. The van der Waals surface area contributed by atoms with Gasteiger partial charge >= 0.3 is 0 Å². The molecule has 0 unspecified atom stereocenters. The van der Waals surface area contributed by atoms with E-state index in [1.54, 1.807) is 24.2 Å². The average molecular weight is 228 g/mol. The Morgan fingerprint density at radius 1 is 1.00 bits per heavy atom. The van der Waals surface area contributed by atoms with Crippen LogP contribution >= 0.6 is 11.8 Å². The first-order valence-corrected chi connectivity index (χ1v) is 6.05. The van der Waals surface area contributed by atoms with Gasteiger partial charge in [0, 0.05) is 18.1 Å². The highest BCUT2D eigenvalue weighted by molar-refractivity contribution is 7.99. The minimum Gasteiger partial charge on any atom is -0.231 e. The van der Waals surface area contributed by atoms with E-state index in [2.05, 4.69) is 34.3 Å². The molecule has 0 fully saturated rings. The summed E-state index contributed by atoms with van der Waals surface area (Å²) in [6, 6.07) is 12.1. The molecule has 1 aromatic carbocycles. The first-order chi connectivity index (χ1) is 7.95. The normalized spacial score (nSPS) is 10.8. The van der Waals surface area contributed by atoms with Gasteiger partial charge in [-0.2, -0.15) is 0 Å². The average Bonchev–Trinajstić information content (AvgIpc) is 2.37. The van der Waals surface area contributed by atoms with Crippen LogP contribution in [0.25, 0.3) is 6.08 Å². The summed E-state index contributed by atoms with van der Waals surface area (Å²) in [5, 5.41) is 0.820. The summed E-state index contributed by atoms with van der Waals surface area (Å²) in [5.41, 5.74) is 1.22. The predicted octanol–water partition coefficient (Wildman–Crippen LogP) is 3.28. The second-order valence-corrected chi connectivity index (χ2v) is 4.14. The van der Waals surface area contributed by atoms with Gasteiger partial charge in [0.15, 0.2) is 5.16 Å². The van der Waals surface area contributed by atoms with Crippen molar-refractivity contribution in [2.24, 2.45) is 0 Å². The van der Waals surface area contributed by atoms with Gasteiger partial charge in [0.1, 0.15) is 0 Å². The number of aromatic nitrogens is 2. The topological polar surface area (TPSA) is 25.8 Å². The fourth-order valence-electron chi connectivity index (χ4n) is 1.23. The third-order valence-corrected chi connectivity index (χ3v) is 2.79. The van der Waals surface area contributed by atoms with Crippen LogP contribution in [0.2, 0.25) is 0 Å². The number of hydrogen-bond donors (Lipinski definition) is 0. The zero-order chi connectivity index (χ0) is 11.1. The number of thioether (sulfide) groups is 1. The highest BCUT2D eigenvalue weighted by Gasteiger charge is 1.91. The van der Waals surface area contributed by atoms with Crippen molar-refractivity contribution < 1.29 is 0 Å². The highest BCUT2D eigenvalue weighted by atomic mass is 32.2. The van der Waals surface area contributed by atoms with Crippen LogP contribution in [0.5, 0.6) is 0 Å². The van der Waals surface area contributed by atoms with E-state index in [9.17, 15) is 0 Å². The van der Waals surface area contributed by atoms with Crippen LogP contribution in [0.4, 0.5) is 0 Å². The third-order valence-electron chi connectivity index (χ3n) is 1.96. The number of nitrogens with zero attached hydrogens (tertiary/aromatic N) is 2. The second-order valence-electron chi connectivity index (χ2n) is 3.16. The van der Waals surface area contributed by atoms with Gasteiger partial charge in [0.2, 0.25) is 0 Å². The summed E-state index contributed by atoms with van der Waals surface area (Å²) in [7, 11) is 0. The standard InChI is InChI=1S/C13H12N2S/c1-2-6-12(7-3-1)8-4-11-16-13-14-9-5-10-15-13/h1-10H,11H2/b8-4+. The van der Waals surface area contributed by atoms with E-state index in [0.29, 0.717) is 0 Å². The van der Waals surface area contributed by atoms with Gasteiger partial charge in [-0.25, -0.2) is 9.97 Å². The Hall–Kier alpha value is -1.61. The summed E-state index contributed by atoms with van der Waals surface area (Å²) >= 11 is 1.63. The Labute approximate surface area is 99.5 Å². The summed E-state index contributed by atoms with van der Waals surface area (Å²) in [6.07, 6.45) is 7.75. The fourth-order valence-corrected chi connectivity index (χ4v) is 1.84. The van der Waals surface area contributed by atoms with Crippen molar-refractivity contribution in [2.45, 2.75) is 5.16 Å². The maximum Gasteiger partial charge on any atom is 0.187 e. The molecule has 1 aromatic heterocycles. The molecule has 0 bridgehead atoms. The molecule has 2 rings (SSSR count). The zero-order valence-corrected chi connectivity index (χ0v) is 9.60. The number of benzene rings is 1. The molecule has 0 aliphatic carbocycles. The Morgan fingerprint density at radius 2 is 1.75 bits per heavy atom. The molecule has 0 atom stereocenters.